The smallest absolute Gasteiger partial charge is 0.318 e. The van der Waals surface area contributed by atoms with Gasteiger partial charge in [0.25, 0.3) is 0 Å². The normalized spacial score (nSPS) is 22.1. The Kier molecular flexibility index (Phi) is 7.45. The number of carbonyl (C=O) groups excluding carboxylic acids is 2. The number of urea groups is 1. The summed E-state index contributed by atoms with van der Waals surface area (Å²) in [5, 5.41) is 14.1. The Morgan fingerprint density at radius 2 is 1.90 bits per heavy atom. The van der Waals surface area contributed by atoms with Crippen molar-refractivity contribution in [3.63, 3.8) is 0 Å². The summed E-state index contributed by atoms with van der Waals surface area (Å²) in [5.74, 6) is 1.61. The van der Waals surface area contributed by atoms with Crippen molar-refractivity contribution in [3.8, 4) is 0 Å². The van der Waals surface area contributed by atoms with Crippen LogP contribution in [0.15, 0.2) is 30.3 Å². The first-order chi connectivity index (χ1) is 19.1. The number of aromatic amines is 1. The number of benzene rings is 1. The molecule has 2 fully saturated rings. The van der Waals surface area contributed by atoms with E-state index in [1.54, 1.807) is 4.90 Å². The van der Waals surface area contributed by atoms with Crippen LogP contribution in [0.2, 0.25) is 0 Å². The number of aromatic nitrogens is 5. The summed E-state index contributed by atoms with van der Waals surface area (Å²) in [7, 11) is 3.68. The van der Waals surface area contributed by atoms with Gasteiger partial charge in [-0.25, -0.2) is 4.79 Å². The standard InChI is InChI=1S/C27H35N11O2.H2S/c1-27(2)20-17(14-38(27)26(40)29-18-13-16(18)15-9-6-5-7-10-15)22(35-34-20)30-23-31-24(36(3)4)33-25(32-23)37-12-8-11-19(37)21(28)39;/h5-7,9-10,16,18-19H,8,11-14H2,1-4H3,(H2,28,39)(H,29,40)(H2,30,31,32,33,34,35);1H2/t16-,18?,19+;/m1./s1. The summed E-state index contributed by atoms with van der Waals surface area (Å²) in [6.45, 7) is 5.02. The van der Waals surface area contributed by atoms with Crippen LogP contribution in [0.1, 0.15) is 55.8 Å². The maximum absolute atomic E-state index is 13.4. The van der Waals surface area contributed by atoms with E-state index in [1.165, 1.54) is 5.56 Å². The molecule has 6 rings (SSSR count). The van der Waals surface area contributed by atoms with Crippen LogP contribution in [0.4, 0.5) is 28.5 Å². The van der Waals surface area contributed by atoms with Crippen molar-refractivity contribution in [2.24, 2.45) is 5.73 Å². The number of nitrogens with zero attached hydrogens (tertiary/aromatic N) is 7. The highest BCUT2D eigenvalue weighted by Crippen LogP contribution is 2.43. The van der Waals surface area contributed by atoms with Crippen LogP contribution in [-0.2, 0) is 16.9 Å². The molecule has 3 atom stereocenters. The highest BCUT2D eigenvalue weighted by molar-refractivity contribution is 7.59. The second-order valence-corrected chi connectivity index (χ2v) is 11.4. The van der Waals surface area contributed by atoms with Gasteiger partial charge in [0.15, 0.2) is 5.82 Å². The van der Waals surface area contributed by atoms with Gasteiger partial charge in [-0.3, -0.25) is 9.89 Å². The fourth-order valence-electron chi connectivity index (χ4n) is 5.75. The van der Waals surface area contributed by atoms with E-state index in [-0.39, 0.29) is 25.6 Å². The first kappa shape index (κ1) is 28.5. The molecule has 0 radical (unpaired) electrons. The molecule has 14 heteroatoms. The van der Waals surface area contributed by atoms with Gasteiger partial charge in [-0.15, -0.1) is 0 Å². The number of amides is 3. The molecule has 1 unspecified atom stereocenters. The maximum Gasteiger partial charge on any atom is 0.318 e. The van der Waals surface area contributed by atoms with Gasteiger partial charge >= 0.3 is 6.03 Å². The van der Waals surface area contributed by atoms with E-state index >= 15 is 0 Å². The minimum Gasteiger partial charge on any atom is -0.368 e. The van der Waals surface area contributed by atoms with E-state index in [0.717, 1.165) is 24.1 Å². The summed E-state index contributed by atoms with van der Waals surface area (Å²) in [5.41, 5.74) is 8.03. The van der Waals surface area contributed by atoms with Crippen LogP contribution in [-0.4, -0.2) is 74.7 Å². The van der Waals surface area contributed by atoms with Gasteiger partial charge in [0, 0.05) is 38.2 Å². The summed E-state index contributed by atoms with van der Waals surface area (Å²) < 4.78 is 0. The van der Waals surface area contributed by atoms with Gasteiger partial charge in [0.05, 0.1) is 17.8 Å². The van der Waals surface area contributed by atoms with E-state index in [4.69, 9.17) is 5.73 Å². The van der Waals surface area contributed by atoms with Crippen LogP contribution in [0, 0.1) is 0 Å². The van der Waals surface area contributed by atoms with Crippen LogP contribution in [0.3, 0.4) is 0 Å². The van der Waals surface area contributed by atoms with E-state index < -0.39 is 17.5 Å². The van der Waals surface area contributed by atoms with Crippen LogP contribution in [0.25, 0.3) is 0 Å². The predicted octanol–water partition coefficient (Wildman–Crippen LogP) is 2.29. The number of primary amides is 1. The quantitative estimate of drug-likeness (QED) is 0.329. The van der Waals surface area contributed by atoms with Gasteiger partial charge in [-0.1, -0.05) is 30.3 Å². The van der Waals surface area contributed by atoms with Crippen molar-refractivity contribution in [3.05, 3.63) is 47.2 Å². The molecule has 1 saturated carbocycles. The van der Waals surface area contributed by atoms with E-state index in [9.17, 15) is 9.59 Å². The Morgan fingerprint density at radius 1 is 1.15 bits per heavy atom. The van der Waals surface area contributed by atoms with E-state index in [2.05, 4.69) is 47.9 Å². The fraction of sp³-hybridized carbons (Fsp3) is 0.481. The van der Waals surface area contributed by atoms with Gasteiger partial charge < -0.3 is 31.1 Å². The lowest BCUT2D eigenvalue weighted by Gasteiger charge is -2.32. The van der Waals surface area contributed by atoms with Crippen LogP contribution in [0.5, 0.6) is 0 Å². The number of nitrogens with two attached hydrogens (primary N) is 1. The van der Waals surface area contributed by atoms with Gasteiger partial charge in [0.1, 0.15) is 6.04 Å². The largest absolute Gasteiger partial charge is 0.368 e. The zero-order chi connectivity index (χ0) is 28.2. The molecule has 4 heterocycles. The summed E-state index contributed by atoms with van der Waals surface area (Å²) in [4.78, 5) is 44.6. The van der Waals surface area contributed by atoms with E-state index in [0.29, 0.717) is 49.1 Å². The van der Waals surface area contributed by atoms with Crippen LogP contribution >= 0.6 is 13.5 Å². The molecule has 1 aliphatic carbocycles. The number of H-pyrrole nitrogens is 1. The van der Waals surface area contributed by atoms with Crippen molar-refractivity contribution in [2.75, 3.05) is 35.8 Å². The minimum atomic E-state index is -0.590. The molecular formula is C27H37N11O2S. The number of rotatable bonds is 7. The van der Waals surface area contributed by atoms with Crippen LogP contribution < -0.4 is 26.2 Å². The SMILES string of the molecule is CN(C)c1nc(Nc2n[nH]c3c2CN(C(=O)NC2C[C@@H]2c2ccccc2)C3(C)C)nc(N2CCC[C@H]2C(N)=O)n1.S. The Morgan fingerprint density at radius 3 is 2.61 bits per heavy atom. The summed E-state index contributed by atoms with van der Waals surface area (Å²) in [6.07, 6.45) is 2.42. The molecule has 3 aromatic rings. The van der Waals surface area contributed by atoms with Crippen molar-refractivity contribution in [1.29, 1.82) is 0 Å². The molecule has 5 N–H and O–H groups in total. The second-order valence-electron chi connectivity index (χ2n) is 11.4. The van der Waals surface area contributed by atoms with E-state index in [1.807, 2.05) is 55.9 Å². The van der Waals surface area contributed by atoms with Gasteiger partial charge in [0.2, 0.25) is 23.8 Å². The minimum absolute atomic E-state index is 0. The Bertz CT molecular complexity index is 1440. The molecule has 41 heavy (non-hydrogen) atoms. The van der Waals surface area contributed by atoms with Gasteiger partial charge in [-0.05, 0) is 38.7 Å². The molecule has 218 valence electrons. The number of hydrogen-bond donors (Lipinski definition) is 4. The predicted molar refractivity (Wildman–Crippen MR) is 161 cm³/mol. The zero-order valence-corrected chi connectivity index (χ0v) is 24.7. The molecule has 3 aliphatic rings. The zero-order valence-electron chi connectivity index (χ0n) is 23.7. The number of nitrogens with one attached hydrogen (secondary N) is 3. The Balaban J connectivity index is 0.00000337. The third-order valence-electron chi connectivity index (χ3n) is 8.12. The topological polar surface area (TPSA) is 161 Å². The number of hydrogen-bond acceptors (Lipinski definition) is 9. The lowest BCUT2D eigenvalue weighted by atomic mass is 10.0. The first-order valence-corrected chi connectivity index (χ1v) is 13.6. The van der Waals surface area contributed by atoms with Crippen molar-refractivity contribution in [1.82, 2.24) is 35.4 Å². The second kappa shape index (κ2) is 10.7. The molecular weight excluding hydrogens is 542 g/mol. The maximum atomic E-state index is 13.4. The molecule has 2 aromatic heterocycles. The van der Waals surface area contributed by atoms with Crippen molar-refractivity contribution < 1.29 is 9.59 Å². The Hall–Kier alpha value is -4.07. The van der Waals surface area contributed by atoms with Gasteiger partial charge in [-0.2, -0.15) is 33.5 Å². The first-order valence-electron chi connectivity index (χ1n) is 13.6. The molecule has 13 nitrogen and oxygen atoms in total. The molecule has 1 saturated heterocycles. The van der Waals surface area contributed by atoms with Crippen molar-refractivity contribution >= 4 is 49.1 Å². The number of anilines is 4. The molecule has 1 aromatic carbocycles. The lowest BCUT2D eigenvalue weighted by molar-refractivity contribution is -0.119. The fourth-order valence-corrected chi connectivity index (χ4v) is 5.75. The third-order valence-corrected chi connectivity index (χ3v) is 8.12. The molecule has 3 amide bonds. The highest BCUT2D eigenvalue weighted by Gasteiger charge is 2.47. The van der Waals surface area contributed by atoms with Crippen molar-refractivity contribution in [2.45, 2.75) is 63.2 Å². The molecule has 2 aliphatic heterocycles. The number of fused-ring (bicyclic) bond motifs is 1. The third kappa shape index (κ3) is 5.23. The molecule has 0 spiro atoms. The summed E-state index contributed by atoms with van der Waals surface area (Å²) in [6, 6.07) is 9.85. The summed E-state index contributed by atoms with van der Waals surface area (Å²) >= 11 is 0. The number of carbonyl (C=O) groups is 2. The highest BCUT2D eigenvalue weighted by atomic mass is 32.1. The average molecular weight is 580 g/mol. The monoisotopic (exact) mass is 579 g/mol. The lowest BCUT2D eigenvalue weighted by Crippen LogP contribution is -2.47. The Labute approximate surface area is 245 Å². The molecule has 0 bridgehead atoms. The average Bonchev–Trinajstić information content (AvgIpc) is 3.24.